The third-order valence-corrected chi connectivity index (χ3v) is 8.38. The van der Waals surface area contributed by atoms with Crippen molar-refractivity contribution in [2.24, 2.45) is 0 Å². The first-order chi connectivity index (χ1) is 11.7. The van der Waals surface area contributed by atoms with E-state index in [9.17, 15) is 0 Å². The summed E-state index contributed by atoms with van der Waals surface area (Å²) < 4.78 is 0. The van der Waals surface area contributed by atoms with E-state index in [1.54, 1.807) is 0 Å². The van der Waals surface area contributed by atoms with Crippen LogP contribution in [0.4, 0.5) is 0 Å². The highest BCUT2D eigenvalue weighted by molar-refractivity contribution is 8.01. The van der Waals surface area contributed by atoms with Gasteiger partial charge in [-0.1, -0.05) is 20.8 Å². The molecule has 0 saturated carbocycles. The second-order valence-corrected chi connectivity index (χ2v) is 9.49. The van der Waals surface area contributed by atoms with Crippen LogP contribution in [-0.4, -0.2) is 17.3 Å². The Labute approximate surface area is 175 Å². The van der Waals surface area contributed by atoms with Crippen LogP contribution >= 0.6 is 70.1 Å². The Hall–Kier alpha value is 1.14. The van der Waals surface area contributed by atoms with Crippen molar-refractivity contribution in [1.82, 2.24) is 0 Å². The minimum Gasteiger partial charge on any atom is -0.125 e. The van der Waals surface area contributed by atoms with Gasteiger partial charge in [0.05, 0.1) is 0 Å². The molecule has 0 fully saturated rings. The van der Waals surface area contributed by atoms with Gasteiger partial charge in [-0.05, 0) is 53.2 Å². The fourth-order valence-corrected chi connectivity index (χ4v) is 7.14. The Balaban J connectivity index is 3.57. The fraction of sp³-hybridized carbons (Fsp3) is 0.667. The molecular formula is C18H27Cl3S3. The Morgan fingerprint density at radius 1 is 0.542 bits per heavy atom. The molecule has 0 aliphatic heterocycles. The molecule has 24 heavy (non-hydrogen) atoms. The Kier molecular flexibility index (Phi) is 12.9. The second kappa shape index (κ2) is 13.3. The Morgan fingerprint density at radius 3 is 0.958 bits per heavy atom. The highest BCUT2D eigenvalue weighted by atomic mass is 35.5. The van der Waals surface area contributed by atoms with Gasteiger partial charge in [-0.2, -0.15) is 0 Å². The fourth-order valence-electron chi connectivity index (χ4n) is 2.35. The molecule has 138 valence electrons. The molecule has 0 nitrogen and oxygen atoms in total. The summed E-state index contributed by atoms with van der Waals surface area (Å²) in [6.07, 6.45) is 3.42. The Morgan fingerprint density at radius 2 is 0.792 bits per heavy atom. The van der Waals surface area contributed by atoms with E-state index in [4.69, 9.17) is 34.8 Å². The smallest absolute Gasteiger partial charge is 0.0496 e. The molecule has 0 radical (unpaired) electrons. The standard InChI is InChI=1S/C18H27Cl3S3/c1-4-7-22-16-13(10-19)17(23-8-5-2)15(12-21)18(14(16)11-20)24-9-6-3/h4-12H2,1-3H3. The third kappa shape index (κ3) is 6.09. The molecular weight excluding hydrogens is 419 g/mol. The summed E-state index contributed by atoms with van der Waals surface area (Å²) in [7, 11) is 0. The minimum absolute atomic E-state index is 0.518. The van der Waals surface area contributed by atoms with Crippen LogP contribution in [0.25, 0.3) is 0 Å². The maximum atomic E-state index is 6.39. The normalized spacial score (nSPS) is 11.2. The zero-order valence-electron chi connectivity index (χ0n) is 14.7. The zero-order chi connectivity index (χ0) is 17.9. The van der Waals surface area contributed by atoms with Crippen molar-refractivity contribution < 1.29 is 0 Å². The van der Waals surface area contributed by atoms with Crippen molar-refractivity contribution in [3.63, 3.8) is 0 Å². The van der Waals surface area contributed by atoms with Gasteiger partial charge in [-0.3, -0.25) is 0 Å². The van der Waals surface area contributed by atoms with Crippen LogP contribution < -0.4 is 0 Å². The predicted octanol–water partition coefficient (Wildman–Crippen LogP) is 8.41. The van der Waals surface area contributed by atoms with Crippen molar-refractivity contribution in [2.75, 3.05) is 17.3 Å². The minimum atomic E-state index is 0.518. The van der Waals surface area contributed by atoms with Crippen LogP contribution in [0.15, 0.2) is 14.7 Å². The van der Waals surface area contributed by atoms with Gasteiger partial charge in [0.1, 0.15) is 0 Å². The monoisotopic (exact) mass is 444 g/mol. The third-order valence-electron chi connectivity index (χ3n) is 3.40. The molecule has 0 bridgehead atoms. The van der Waals surface area contributed by atoms with Crippen molar-refractivity contribution in [3.05, 3.63) is 16.7 Å². The predicted molar refractivity (Wildman–Crippen MR) is 118 cm³/mol. The van der Waals surface area contributed by atoms with Gasteiger partial charge in [0.25, 0.3) is 0 Å². The highest BCUT2D eigenvalue weighted by Gasteiger charge is 2.23. The van der Waals surface area contributed by atoms with E-state index in [0.717, 1.165) is 36.5 Å². The lowest BCUT2D eigenvalue weighted by Gasteiger charge is -2.23. The first-order valence-electron chi connectivity index (χ1n) is 8.46. The van der Waals surface area contributed by atoms with E-state index in [1.807, 2.05) is 35.3 Å². The summed E-state index contributed by atoms with van der Waals surface area (Å²) in [5.41, 5.74) is 3.71. The lowest BCUT2D eigenvalue weighted by atomic mass is 10.1. The van der Waals surface area contributed by atoms with Crippen LogP contribution in [0.1, 0.15) is 56.7 Å². The molecule has 0 saturated heterocycles. The summed E-state index contributed by atoms with van der Waals surface area (Å²) in [6, 6.07) is 0. The second-order valence-electron chi connectivity index (χ2n) is 5.37. The van der Waals surface area contributed by atoms with Crippen LogP contribution in [0, 0.1) is 0 Å². The lowest BCUT2D eigenvalue weighted by molar-refractivity contribution is 0.974. The van der Waals surface area contributed by atoms with E-state index in [2.05, 4.69) is 20.8 Å². The van der Waals surface area contributed by atoms with Crippen LogP contribution in [0.3, 0.4) is 0 Å². The molecule has 0 aromatic heterocycles. The highest BCUT2D eigenvalue weighted by Crippen LogP contribution is 2.46. The number of thioether (sulfide) groups is 3. The van der Waals surface area contributed by atoms with E-state index >= 15 is 0 Å². The van der Waals surface area contributed by atoms with Crippen molar-refractivity contribution >= 4 is 70.1 Å². The zero-order valence-corrected chi connectivity index (χ0v) is 19.4. The molecule has 0 N–H and O–H groups in total. The number of hydrogen-bond donors (Lipinski definition) is 0. The van der Waals surface area contributed by atoms with Crippen LogP contribution in [0.2, 0.25) is 0 Å². The lowest BCUT2D eigenvalue weighted by Crippen LogP contribution is -2.04. The van der Waals surface area contributed by atoms with Gasteiger partial charge in [0, 0.05) is 32.3 Å². The SMILES string of the molecule is CCCSc1c(CCl)c(SCCC)c(CCl)c(SCCC)c1CCl. The van der Waals surface area contributed by atoms with Crippen molar-refractivity contribution in [2.45, 2.75) is 72.4 Å². The van der Waals surface area contributed by atoms with Gasteiger partial charge in [0.2, 0.25) is 0 Å². The first-order valence-corrected chi connectivity index (χ1v) is 13.0. The largest absolute Gasteiger partial charge is 0.125 e. The topological polar surface area (TPSA) is 0 Å². The number of benzene rings is 1. The van der Waals surface area contributed by atoms with E-state index in [-0.39, 0.29) is 0 Å². The quantitative estimate of drug-likeness (QED) is 0.234. The molecule has 0 aliphatic rings. The van der Waals surface area contributed by atoms with Gasteiger partial charge in [-0.25, -0.2) is 0 Å². The van der Waals surface area contributed by atoms with E-state index in [0.29, 0.717) is 17.6 Å². The van der Waals surface area contributed by atoms with Gasteiger partial charge in [0.15, 0.2) is 0 Å². The Bertz CT molecular complexity index is 414. The average molecular weight is 446 g/mol. The summed E-state index contributed by atoms with van der Waals surface area (Å²) in [5.74, 6) is 4.82. The molecule has 0 unspecified atom stereocenters. The van der Waals surface area contributed by atoms with Crippen molar-refractivity contribution in [3.8, 4) is 0 Å². The van der Waals surface area contributed by atoms with Crippen LogP contribution in [-0.2, 0) is 17.6 Å². The summed E-state index contributed by atoms with van der Waals surface area (Å²) in [4.78, 5) is 3.90. The first kappa shape index (κ1) is 23.2. The number of hydrogen-bond acceptors (Lipinski definition) is 3. The summed E-state index contributed by atoms with van der Waals surface area (Å²) in [6.45, 7) is 6.63. The number of alkyl halides is 3. The molecule has 1 rings (SSSR count). The molecule has 0 amide bonds. The maximum absolute atomic E-state index is 6.39. The van der Waals surface area contributed by atoms with Gasteiger partial charge >= 0.3 is 0 Å². The van der Waals surface area contributed by atoms with Crippen LogP contribution in [0.5, 0.6) is 0 Å². The average Bonchev–Trinajstić information content (AvgIpc) is 2.61. The summed E-state index contributed by atoms with van der Waals surface area (Å²) >= 11 is 24.9. The van der Waals surface area contributed by atoms with Gasteiger partial charge in [-0.15, -0.1) is 70.1 Å². The number of halogens is 3. The molecule has 1 aromatic carbocycles. The molecule has 0 aliphatic carbocycles. The maximum Gasteiger partial charge on any atom is 0.0496 e. The van der Waals surface area contributed by atoms with E-state index in [1.165, 1.54) is 31.4 Å². The molecule has 0 heterocycles. The summed E-state index contributed by atoms with van der Waals surface area (Å²) in [5, 5.41) is 0. The molecule has 1 aromatic rings. The van der Waals surface area contributed by atoms with Gasteiger partial charge < -0.3 is 0 Å². The van der Waals surface area contributed by atoms with Crippen molar-refractivity contribution in [1.29, 1.82) is 0 Å². The molecule has 0 atom stereocenters. The molecule has 6 heteroatoms. The number of rotatable bonds is 12. The molecule has 0 spiro atoms. The van der Waals surface area contributed by atoms with E-state index < -0.39 is 0 Å².